The zero-order valence-corrected chi connectivity index (χ0v) is 32.4. The summed E-state index contributed by atoms with van der Waals surface area (Å²) in [6.07, 6.45) is 12.6. The van der Waals surface area contributed by atoms with Gasteiger partial charge in [-0.1, -0.05) is 85.1 Å². The molecule has 0 radical (unpaired) electrons. The molecule has 3 aliphatic rings. The van der Waals surface area contributed by atoms with Gasteiger partial charge in [0.05, 0.1) is 12.1 Å². The molecule has 0 aromatic carbocycles. The molecule has 0 aromatic heterocycles. The topological polar surface area (TPSA) is 175 Å². The molecule has 13 nitrogen and oxygen atoms in total. The monoisotopic (exact) mass is 730 g/mol. The Morgan fingerprint density at radius 3 is 2.19 bits per heavy atom. The highest BCUT2D eigenvalue weighted by Crippen LogP contribution is 2.41. The van der Waals surface area contributed by atoms with Gasteiger partial charge in [-0.15, -0.1) is 6.58 Å². The maximum absolute atomic E-state index is 14.8. The van der Waals surface area contributed by atoms with Crippen molar-refractivity contribution in [3.63, 3.8) is 0 Å². The average Bonchev–Trinajstić information content (AvgIpc) is 3.59. The van der Waals surface area contributed by atoms with Gasteiger partial charge in [-0.05, 0) is 68.6 Å². The Balaban J connectivity index is 1.89. The predicted molar refractivity (Wildman–Crippen MR) is 200 cm³/mol. The van der Waals surface area contributed by atoms with E-state index in [0.717, 1.165) is 70.6 Å². The van der Waals surface area contributed by atoms with Crippen LogP contribution < -0.4 is 26.6 Å². The summed E-state index contributed by atoms with van der Waals surface area (Å²) in [5.41, 5.74) is -0.551. The van der Waals surface area contributed by atoms with E-state index < -0.39 is 59.3 Å². The van der Waals surface area contributed by atoms with Gasteiger partial charge in [-0.2, -0.15) is 0 Å². The SMILES string of the molecule is C=CCNC(=O)C(=O)C(CCCC)NC(=O)[C@@H]1C(C(C)C)CCN1C(=O)[C@@H](NC(=O)N[C@H](COC(=O)NCC)C1CCCCC1)C1(C)CCCCC1. The summed E-state index contributed by atoms with van der Waals surface area (Å²) in [4.78, 5) is 82.6. The maximum Gasteiger partial charge on any atom is 0.407 e. The summed E-state index contributed by atoms with van der Waals surface area (Å²) in [5, 5.41) is 14.2. The lowest BCUT2D eigenvalue weighted by molar-refractivity contribution is -0.145. The molecule has 294 valence electrons. The van der Waals surface area contributed by atoms with Crippen molar-refractivity contribution < 1.29 is 33.5 Å². The first-order valence-corrected chi connectivity index (χ1v) is 19.9. The maximum atomic E-state index is 14.8. The second-order valence-electron chi connectivity index (χ2n) is 15.6. The molecular weight excluding hydrogens is 664 g/mol. The standard InChI is InChI=1S/C39H66N6O7/c1-7-10-19-29(32(46)35(48)41-23-8-2)42-34(47)31-28(26(4)5)20-24-45(31)36(49)33(39(6)21-15-12-16-22-39)44-37(50)43-30(25-52-38(51)40-9-3)27-17-13-11-14-18-27/h8,26-31,33H,2,7,9-25H2,1,3-6H3,(H,40,51)(H,41,48)(H,42,47)(H2,43,44,50)/t28?,29?,30-,31+,33-/m1/s1. The summed E-state index contributed by atoms with van der Waals surface area (Å²) in [7, 11) is 0. The van der Waals surface area contributed by atoms with Gasteiger partial charge in [0.15, 0.2) is 0 Å². The molecule has 2 aliphatic carbocycles. The number of hydrogen-bond acceptors (Lipinski definition) is 7. The van der Waals surface area contributed by atoms with Gasteiger partial charge in [0, 0.05) is 19.6 Å². The number of ketones is 1. The lowest BCUT2D eigenvalue weighted by Gasteiger charge is -2.43. The van der Waals surface area contributed by atoms with Crippen molar-refractivity contribution in [3.05, 3.63) is 12.7 Å². The van der Waals surface area contributed by atoms with Gasteiger partial charge >= 0.3 is 12.1 Å². The van der Waals surface area contributed by atoms with E-state index in [-0.39, 0.29) is 36.8 Å². The number of likely N-dealkylation sites (tertiary alicyclic amines) is 1. The van der Waals surface area contributed by atoms with Crippen LogP contribution in [0.1, 0.15) is 125 Å². The molecular formula is C39H66N6O7. The molecule has 6 amide bonds. The lowest BCUT2D eigenvalue weighted by Crippen LogP contribution is -2.63. The van der Waals surface area contributed by atoms with Crippen LogP contribution >= 0.6 is 0 Å². The first-order valence-electron chi connectivity index (χ1n) is 19.9. The number of rotatable bonds is 18. The van der Waals surface area contributed by atoms with Crippen LogP contribution in [0.15, 0.2) is 12.7 Å². The van der Waals surface area contributed by atoms with Gasteiger partial charge in [0.25, 0.3) is 5.91 Å². The summed E-state index contributed by atoms with van der Waals surface area (Å²) < 4.78 is 5.48. The predicted octanol–water partition coefficient (Wildman–Crippen LogP) is 4.74. The minimum absolute atomic E-state index is 0.0216. The van der Waals surface area contributed by atoms with E-state index in [2.05, 4.69) is 33.2 Å². The largest absolute Gasteiger partial charge is 0.447 e. The Hall–Kier alpha value is -3.64. The molecule has 5 N–H and O–H groups in total. The number of nitrogens with one attached hydrogen (secondary N) is 5. The first kappa shape index (κ1) is 42.8. The smallest absolute Gasteiger partial charge is 0.407 e. The molecule has 0 aromatic rings. The normalized spacial score (nSPS) is 22.0. The summed E-state index contributed by atoms with van der Waals surface area (Å²) in [6.45, 7) is 14.3. The molecule has 5 atom stereocenters. The Morgan fingerprint density at radius 1 is 0.904 bits per heavy atom. The van der Waals surface area contributed by atoms with Crippen molar-refractivity contribution in [2.45, 2.75) is 149 Å². The fourth-order valence-electron chi connectivity index (χ4n) is 8.32. The zero-order chi connectivity index (χ0) is 38.3. The molecule has 1 aliphatic heterocycles. The zero-order valence-electron chi connectivity index (χ0n) is 32.4. The number of ether oxygens (including phenoxy) is 1. The highest BCUT2D eigenvalue weighted by Gasteiger charge is 2.50. The van der Waals surface area contributed by atoms with E-state index in [1.807, 2.05) is 27.7 Å². The average molecular weight is 731 g/mol. The van der Waals surface area contributed by atoms with Crippen molar-refractivity contribution in [1.82, 2.24) is 31.5 Å². The Morgan fingerprint density at radius 2 is 1.58 bits per heavy atom. The van der Waals surface area contributed by atoms with Crippen molar-refractivity contribution in [1.29, 1.82) is 0 Å². The molecule has 2 unspecified atom stereocenters. The summed E-state index contributed by atoms with van der Waals surface area (Å²) in [6, 6.07) is -3.74. The number of alkyl carbamates (subject to hydrolysis) is 1. The molecule has 3 fully saturated rings. The number of Topliss-reactive ketones (excluding diaryl/α,β-unsaturated/α-hetero) is 1. The number of carbonyl (C=O) groups is 6. The molecule has 1 saturated heterocycles. The van der Waals surface area contributed by atoms with E-state index >= 15 is 0 Å². The van der Waals surface area contributed by atoms with Crippen LogP contribution in [0, 0.1) is 23.2 Å². The van der Waals surface area contributed by atoms with Crippen LogP contribution in [-0.4, -0.2) is 90.9 Å². The van der Waals surface area contributed by atoms with E-state index in [1.165, 1.54) is 6.08 Å². The van der Waals surface area contributed by atoms with Crippen molar-refractivity contribution in [2.24, 2.45) is 23.2 Å². The molecule has 0 spiro atoms. The van der Waals surface area contributed by atoms with Gasteiger partial charge < -0.3 is 36.2 Å². The van der Waals surface area contributed by atoms with Crippen LogP contribution in [0.3, 0.4) is 0 Å². The fraction of sp³-hybridized carbons (Fsp3) is 0.795. The third-order valence-corrected chi connectivity index (χ3v) is 11.4. The molecule has 2 saturated carbocycles. The van der Waals surface area contributed by atoms with E-state index in [1.54, 1.807) is 11.8 Å². The Labute approximate surface area is 310 Å². The number of hydrogen-bond donors (Lipinski definition) is 5. The number of unbranched alkanes of at least 4 members (excludes halogenated alkanes) is 1. The highest BCUT2D eigenvalue weighted by molar-refractivity contribution is 6.38. The van der Waals surface area contributed by atoms with Crippen molar-refractivity contribution in [2.75, 3.05) is 26.2 Å². The third kappa shape index (κ3) is 11.9. The fourth-order valence-corrected chi connectivity index (χ4v) is 8.32. The molecule has 0 bridgehead atoms. The minimum atomic E-state index is -1.03. The number of carbonyl (C=O) groups excluding carboxylic acids is 6. The van der Waals surface area contributed by atoms with Crippen LogP contribution in [0.4, 0.5) is 9.59 Å². The van der Waals surface area contributed by atoms with Gasteiger partial charge in [0.1, 0.15) is 18.7 Å². The van der Waals surface area contributed by atoms with Crippen LogP contribution in [0.2, 0.25) is 0 Å². The van der Waals surface area contributed by atoms with Gasteiger partial charge in [-0.25, -0.2) is 9.59 Å². The minimum Gasteiger partial charge on any atom is -0.447 e. The molecule has 52 heavy (non-hydrogen) atoms. The van der Waals surface area contributed by atoms with Gasteiger partial charge in [0.2, 0.25) is 17.6 Å². The lowest BCUT2D eigenvalue weighted by atomic mass is 9.70. The Bertz CT molecular complexity index is 1230. The highest BCUT2D eigenvalue weighted by atomic mass is 16.5. The number of nitrogens with zero attached hydrogens (tertiary/aromatic N) is 1. The molecule has 13 heteroatoms. The van der Waals surface area contributed by atoms with Crippen LogP contribution in [0.25, 0.3) is 0 Å². The second-order valence-corrected chi connectivity index (χ2v) is 15.6. The number of amides is 6. The number of urea groups is 1. The summed E-state index contributed by atoms with van der Waals surface area (Å²) in [5.74, 6) is -2.30. The van der Waals surface area contributed by atoms with E-state index in [9.17, 15) is 28.8 Å². The summed E-state index contributed by atoms with van der Waals surface area (Å²) >= 11 is 0. The van der Waals surface area contributed by atoms with Crippen molar-refractivity contribution in [3.8, 4) is 0 Å². The third-order valence-electron chi connectivity index (χ3n) is 11.4. The van der Waals surface area contributed by atoms with Gasteiger partial charge in [-0.3, -0.25) is 19.2 Å². The van der Waals surface area contributed by atoms with Crippen LogP contribution in [0.5, 0.6) is 0 Å². The van der Waals surface area contributed by atoms with Crippen LogP contribution in [-0.2, 0) is 23.9 Å². The van der Waals surface area contributed by atoms with E-state index in [0.29, 0.717) is 32.4 Å². The second kappa shape index (κ2) is 21.2. The van der Waals surface area contributed by atoms with E-state index in [4.69, 9.17) is 4.74 Å². The molecule has 3 rings (SSSR count). The van der Waals surface area contributed by atoms with Crippen molar-refractivity contribution >= 4 is 35.6 Å². The quantitative estimate of drug-likeness (QED) is 0.100. The Kier molecular flexibility index (Phi) is 17.4. The molecule has 1 heterocycles. The first-order chi connectivity index (χ1) is 24.9.